The van der Waals surface area contributed by atoms with Gasteiger partial charge in [0.2, 0.25) is 0 Å². The molecular formula is C24H22N2O2. The molecule has 2 aromatic carbocycles. The van der Waals surface area contributed by atoms with Crippen molar-refractivity contribution in [2.75, 3.05) is 11.4 Å². The van der Waals surface area contributed by atoms with Gasteiger partial charge in [-0.05, 0) is 47.7 Å². The zero-order chi connectivity index (χ0) is 19.8. The first-order chi connectivity index (χ1) is 13.7. The van der Waals surface area contributed by atoms with Crippen molar-refractivity contribution in [2.45, 2.75) is 19.4 Å². The van der Waals surface area contributed by atoms with E-state index in [0.717, 1.165) is 31.5 Å². The Balaban J connectivity index is 1.69. The van der Waals surface area contributed by atoms with Crippen molar-refractivity contribution in [3.63, 3.8) is 0 Å². The Morgan fingerprint density at radius 2 is 1.96 bits per heavy atom. The van der Waals surface area contributed by atoms with E-state index in [1.54, 1.807) is 18.2 Å². The summed E-state index contributed by atoms with van der Waals surface area (Å²) >= 11 is 0. The number of allylic oxidation sites excluding steroid dienone is 4. The zero-order valence-electron chi connectivity index (χ0n) is 15.6. The van der Waals surface area contributed by atoms with E-state index in [1.165, 1.54) is 22.9 Å². The predicted octanol–water partition coefficient (Wildman–Crippen LogP) is 4.74. The van der Waals surface area contributed by atoms with Crippen LogP contribution in [0.3, 0.4) is 0 Å². The molecule has 0 saturated carbocycles. The van der Waals surface area contributed by atoms with Crippen molar-refractivity contribution in [2.24, 2.45) is 0 Å². The molecule has 1 aliphatic heterocycles. The molecule has 0 aromatic heterocycles. The van der Waals surface area contributed by atoms with Crippen LogP contribution in [0.2, 0.25) is 0 Å². The lowest BCUT2D eigenvalue weighted by molar-refractivity contribution is -0.132. The van der Waals surface area contributed by atoms with Crippen LogP contribution in [-0.4, -0.2) is 17.6 Å². The molecule has 0 radical (unpaired) electrons. The zero-order valence-corrected chi connectivity index (χ0v) is 15.6. The van der Waals surface area contributed by atoms with Gasteiger partial charge in [-0.1, -0.05) is 60.7 Å². The summed E-state index contributed by atoms with van der Waals surface area (Å²) in [5.41, 5.74) is 4.79. The van der Waals surface area contributed by atoms with Gasteiger partial charge in [-0.25, -0.2) is 4.79 Å². The molecule has 2 aromatic rings. The third-order valence-corrected chi connectivity index (χ3v) is 4.66. The number of aryl methyl sites for hydroxylation is 1. The SMILES string of the molecule is N#C\C(=C/C=C/C=C/c1ccc2c(c1)CCCN2Cc1ccccc1)C(=O)O. The monoisotopic (exact) mass is 370 g/mol. The van der Waals surface area contributed by atoms with E-state index in [0.29, 0.717) is 0 Å². The van der Waals surface area contributed by atoms with E-state index in [-0.39, 0.29) is 5.57 Å². The van der Waals surface area contributed by atoms with Gasteiger partial charge in [0.15, 0.2) is 0 Å². The Morgan fingerprint density at radius 1 is 1.14 bits per heavy atom. The third kappa shape index (κ3) is 4.99. The van der Waals surface area contributed by atoms with Gasteiger partial charge < -0.3 is 10.0 Å². The second-order valence-corrected chi connectivity index (χ2v) is 6.64. The number of nitrogens with zero attached hydrogens (tertiary/aromatic N) is 2. The first-order valence-electron chi connectivity index (χ1n) is 9.27. The maximum Gasteiger partial charge on any atom is 0.346 e. The van der Waals surface area contributed by atoms with Crippen LogP contribution in [0.25, 0.3) is 6.08 Å². The minimum absolute atomic E-state index is 0.281. The predicted molar refractivity (Wildman–Crippen MR) is 112 cm³/mol. The summed E-state index contributed by atoms with van der Waals surface area (Å²) in [5.74, 6) is -1.22. The molecule has 0 amide bonds. The Kier molecular flexibility index (Phi) is 6.43. The number of carboxylic acids is 1. The average molecular weight is 370 g/mol. The fourth-order valence-corrected chi connectivity index (χ4v) is 3.31. The van der Waals surface area contributed by atoms with E-state index >= 15 is 0 Å². The largest absolute Gasteiger partial charge is 0.477 e. The number of nitriles is 1. The second kappa shape index (κ2) is 9.38. The standard InChI is InChI=1S/C24H22N2O2/c25-17-22(24(27)28)11-6-2-3-8-19-13-14-23-21(16-19)12-7-15-26(23)18-20-9-4-1-5-10-20/h1-6,8-11,13-14,16H,7,12,15,18H2,(H,27,28)/b6-2+,8-3+,22-11+. The van der Waals surface area contributed by atoms with Crippen LogP contribution in [0.1, 0.15) is 23.1 Å². The molecule has 0 spiro atoms. The highest BCUT2D eigenvalue weighted by Gasteiger charge is 2.16. The summed E-state index contributed by atoms with van der Waals surface area (Å²) in [5, 5.41) is 17.5. The molecular weight excluding hydrogens is 348 g/mol. The highest BCUT2D eigenvalue weighted by molar-refractivity contribution is 5.91. The molecule has 0 bridgehead atoms. The van der Waals surface area contributed by atoms with Crippen molar-refractivity contribution in [1.29, 1.82) is 5.26 Å². The third-order valence-electron chi connectivity index (χ3n) is 4.66. The molecule has 4 nitrogen and oxygen atoms in total. The van der Waals surface area contributed by atoms with Crippen LogP contribution >= 0.6 is 0 Å². The lowest BCUT2D eigenvalue weighted by Gasteiger charge is -2.31. The van der Waals surface area contributed by atoms with Gasteiger partial charge in [-0.15, -0.1) is 0 Å². The van der Waals surface area contributed by atoms with Crippen LogP contribution in [0.4, 0.5) is 5.69 Å². The number of carboxylic acid groups (broad SMARTS) is 1. The molecule has 0 atom stereocenters. The molecule has 3 rings (SSSR count). The minimum atomic E-state index is -1.22. The molecule has 1 heterocycles. The molecule has 0 saturated heterocycles. The van der Waals surface area contributed by atoms with Crippen molar-refractivity contribution in [1.82, 2.24) is 0 Å². The minimum Gasteiger partial charge on any atom is -0.477 e. The van der Waals surface area contributed by atoms with Gasteiger partial charge in [-0.3, -0.25) is 0 Å². The van der Waals surface area contributed by atoms with Gasteiger partial charge in [0, 0.05) is 18.8 Å². The van der Waals surface area contributed by atoms with Gasteiger partial charge in [0.25, 0.3) is 0 Å². The second-order valence-electron chi connectivity index (χ2n) is 6.64. The Bertz CT molecular complexity index is 966. The molecule has 0 aliphatic carbocycles. The summed E-state index contributed by atoms with van der Waals surface area (Å²) in [7, 11) is 0. The van der Waals surface area contributed by atoms with Crippen LogP contribution in [0.5, 0.6) is 0 Å². The van der Waals surface area contributed by atoms with Crippen molar-refractivity contribution in [3.05, 3.63) is 95.1 Å². The van der Waals surface area contributed by atoms with E-state index in [1.807, 2.05) is 18.2 Å². The lowest BCUT2D eigenvalue weighted by Crippen LogP contribution is -2.28. The van der Waals surface area contributed by atoms with E-state index in [2.05, 4.69) is 47.4 Å². The fraction of sp³-hybridized carbons (Fsp3) is 0.167. The summed E-state index contributed by atoms with van der Waals surface area (Å²) in [6.07, 6.45) is 10.6. The molecule has 0 fully saturated rings. The van der Waals surface area contributed by atoms with E-state index in [9.17, 15) is 4.79 Å². The molecule has 1 N–H and O–H groups in total. The molecule has 140 valence electrons. The number of rotatable bonds is 6. The maximum atomic E-state index is 10.7. The fourth-order valence-electron chi connectivity index (χ4n) is 3.31. The van der Waals surface area contributed by atoms with Crippen molar-refractivity contribution >= 4 is 17.7 Å². The number of hydrogen-bond acceptors (Lipinski definition) is 3. The number of carbonyl (C=O) groups is 1. The molecule has 28 heavy (non-hydrogen) atoms. The smallest absolute Gasteiger partial charge is 0.346 e. The number of hydrogen-bond donors (Lipinski definition) is 1. The van der Waals surface area contributed by atoms with Crippen molar-refractivity contribution in [3.8, 4) is 6.07 Å². The number of benzene rings is 2. The number of anilines is 1. The van der Waals surface area contributed by atoms with Crippen molar-refractivity contribution < 1.29 is 9.90 Å². The van der Waals surface area contributed by atoms with E-state index in [4.69, 9.17) is 10.4 Å². The highest BCUT2D eigenvalue weighted by Crippen LogP contribution is 2.29. The summed E-state index contributed by atoms with van der Waals surface area (Å²) in [6.45, 7) is 1.99. The van der Waals surface area contributed by atoms with Crippen LogP contribution < -0.4 is 4.90 Å². The maximum absolute atomic E-state index is 10.7. The molecule has 4 heteroatoms. The quantitative estimate of drug-likeness (QED) is 0.453. The van der Waals surface area contributed by atoms with Gasteiger partial charge in [-0.2, -0.15) is 5.26 Å². The van der Waals surface area contributed by atoms with E-state index < -0.39 is 5.97 Å². The Labute approximate surface area is 165 Å². The number of fused-ring (bicyclic) bond motifs is 1. The van der Waals surface area contributed by atoms with Gasteiger partial charge >= 0.3 is 5.97 Å². The highest BCUT2D eigenvalue weighted by atomic mass is 16.4. The van der Waals surface area contributed by atoms with Crippen LogP contribution in [-0.2, 0) is 17.8 Å². The van der Waals surface area contributed by atoms with Gasteiger partial charge in [0.1, 0.15) is 11.6 Å². The summed E-state index contributed by atoms with van der Waals surface area (Å²) in [6, 6.07) is 18.7. The lowest BCUT2D eigenvalue weighted by atomic mass is 9.98. The molecule has 0 unspecified atom stereocenters. The first-order valence-corrected chi connectivity index (χ1v) is 9.27. The first kappa shape index (κ1) is 19.2. The average Bonchev–Trinajstić information content (AvgIpc) is 2.71. The molecule has 1 aliphatic rings. The normalized spacial score (nSPS) is 14.2. The summed E-state index contributed by atoms with van der Waals surface area (Å²) in [4.78, 5) is 13.2. The number of aliphatic carboxylic acids is 1. The van der Waals surface area contributed by atoms with Crippen LogP contribution in [0, 0.1) is 11.3 Å². The Morgan fingerprint density at radius 3 is 2.71 bits per heavy atom. The Hall–Kier alpha value is -3.58. The van der Waals surface area contributed by atoms with Gasteiger partial charge in [0.05, 0.1) is 0 Å². The summed E-state index contributed by atoms with van der Waals surface area (Å²) < 4.78 is 0. The topological polar surface area (TPSA) is 64.3 Å². The van der Waals surface area contributed by atoms with Crippen LogP contribution in [0.15, 0.2) is 78.4 Å².